The van der Waals surface area contributed by atoms with Gasteiger partial charge in [0.2, 0.25) is 0 Å². The number of fused-ring (bicyclic) bond motifs is 2. The first-order valence-corrected chi connectivity index (χ1v) is 5.53. The van der Waals surface area contributed by atoms with Crippen molar-refractivity contribution in [2.75, 3.05) is 6.54 Å². The maximum atomic E-state index is 11.6. The van der Waals surface area contributed by atoms with Crippen molar-refractivity contribution in [1.82, 2.24) is 10.6 Å². The molecule has 5 heteroatoms. The van der Waals surface area contributed by atoms with Gasteiger partial charge in [-0.2, -0.15) is 0 Å². The molecule has 86 valence electrons. The van der Waals surface area contributed by atoms with Crippen LogP contribution in [0.25, 0.3) is 0 Å². The number of ether oxygens (including phenoxy) is 1. The van der Waals surface area contributed by atoms with Crippen LogP contribution in [0.5, 0.6) is 0 Å². The van der Waals surface area contributed by atoms with Gasteiger partial charge in [0, 0.05) is 0 Å². The average Bonchev–Trinajstić information content (AvgIpc) is 2.61. The Morgan fingerprint density at radius 1 is 1.38 bits per heavy atom. The number of nitrogens with one attached hydrogen (secondary N) is 2. The quantitative estimate of drug-likeness (QED) is 0.551. The third-order valence-corrected chi connectivity index (χ3v) is 3.58. The largest absolute Gasteiger partial charge is 0.479 e. The van der Waals surface area contributed by atoms with Crippen molar-refractivity contribution >= 4 is 11.8 Å². The Labute approximate surface area is 93.2 Å². The average molecular weight is 222 g/mol. The van der Waals surface area contributed by atoms with Crippen LogP contribution in [0.1, 0.15) is 20.3 Å². The fraction of sp³-hybridized carbons (Fsp3) is 0.636. The van der Waals surface area contributed by atoms with E-state index >= 15 is 0 Å². The predicted molar refractivity (Wildman–Crippen MR) is 55.2 cm³/mol. The number of hydrogen-bond donors (Lipinski definition) is 2. The minimum absolute atomic E-state index is 0.148. The van der Waals surface area contributed by atoms with Crippen LogP contribution in [0, 0.1) is 5.92 Å². The van der Waals surface area contributed by atoms with Gasteiger partial charge in [0.15, 0.2) is 5.76 Å². The number of carbonyl (C=O) groups is 2. The highest BCUT2D eigenvalue weighted by Gasteiger charge is 2.55. The summed E-state index contributed by atoms with van der Waals surface area (Å²) in [6, 6.07) is -0.148. The van der Waals surface area contributed by atoms with Gasteiger partial charge in [-0.05, 0) is 25.8 Å². The smallest absolute Gasteiger partial charge is 0.293 e. The van der Waals surface area contributed by atoms with Crippen LogP contribution < -0.4 is 10.6 Å². The number of piperidine rings is 1. The molecule has 0 aliphatic carbocycles. The minimum atomic E-state index is -0.449. The minimum Gasteiger partial charge on any atom is -0.479 e. The standard InChI is InChI=1S/C11H14N2O3/c1-5-3-11(2)8(12-4-5)6-7(16-11)10(15)13-9(6)14/h5,8,12H,3-4H2,1-2H3,(H,13,14,15). The van der Waals surface area contributed by atoms with Gasteiger partial charge in [-0.3, -0.25) is 14.9 Å². The van der Waals surface area contributed by atoms with E-state index < -0.39 is 11.5 Å². The van der Waals surface area contributed by atoms with Gasteiger partial charge in [-0.25, -0.2) is 0 Å². The number of imide groups is 1. The van der Waals surface area contributed by atoms with E-state index in [1.807, 2.05) is 6.92 Å². The highest BCUT2D eigenvalue weighted by Crippen LogP contribution is 2.42. The first-order chi connectivity index (χ1) is 7.51. The Balaban J connectivity index is 2.00. The summed E-state index contributed by atoms with van der Waals surface area (Å²) < 4.78 is 5.71. The fourth-order valence-corrected chi connectivity index (χ4v) is 2.97. The molecule has 2 N–H and O–H groups in total. The molecule has 2 amide bonds. The molecular weight excluding hydrogens is 208 g/mol. The second-order valence-electron chi connectivity index (χ2n) is 5.09. The van der Waals surface area contributed by atoms with E-state index in [1.54, 1.807) is 0 Å². The van der Waals surface area contributed by atoms with Gasteiger partial charge in [-0.1, -0.05) is 6.92 Å². The molecule has 1 fully saturated rings. The first kappa shape index (κ1) is 9.84. The van der Waals surface area contributed by atoms with Crippen molar-refractivity contribution in [1.29, 1.82) is 0 Å². The zero-order valence-electron chi connectivity index (χ0n) is 9.29. The van der Waals surface area contributed by atoms with E-state index in [2.05, 4.69) is 17.6 Å². The molecule has 0 bridgehead atoms. The highest BCUT2D eigenvalue weighted by molar-refractivity contribution is 6.19. The Bertz CT molecular complexity index is 429. The van der Waals surface area contributed by atoms with Crippen LogP contribution in [-0.2, 0) is 14.3 Å². The van der Waals surface area contributed by atoms with Crippen LogP contribution in [0.15, 0.2) is 11.3 Å². The lowest BCUT2D eigenvalue weighted by Gasteiger charge is -2.40. The summed E-state index contributed by atoms with van der Waals surface area (Å²) >= 11 is 0. The van der Waals surface area contributed by atoms with Crippen molar-refractivity contribution in [3.63, 3.8) is 0 Å². The van der Waals surface area contributed by atoms with Crippen LogP contribution in [0.2, 0.25) is 0 Å². The molecule has 0 saturated carbocycles. The van der Waals surface area contributed by atoms with Gasteiger partial charge in [-0.15, -0.1) is 0 Å². The molecule has 0 aromatic carbocycles. The van der Waals surface area contributed by atoms with E-state index in [-0.39, 0.29) is 17.7 Å². The molecule has 1 saturated heterocycles. The number of hydrogen-bond acceptors (Lipinski definition) is 4. The Kier molecular flexibility index (Phi) is 1.75. The van der Waals surface area contributed by atoms with Crippen LogP contribution in [0.4, 0.5) is 0 Å². The summed E-state index contributed by atoms with van der Waals surface area (Å²) in [5.41, 5.74) is 0.0369. The Morgan fingerprint density at radius 2 is 2.12 bits per heavy atom. The summed E-state index contributed by atoms with van der Waals surface area (Å²) in [6.45, 7) is 4.93. The zero-order valence-corrected chi connectivity index (χ0v) is 9.29. The molecule has 3 atom stereocenters. The predicted octanol–water partition coefficient (Wildman–Crippen LogP) is -0.316. The fourth-order valence-electron chi connectivity index (χ4n) is 2.97. The van der Waals surface area contributed by atoms with Gasteiger partial charge in [0.25, 0.3) is 11.8 Å². The third kappa shape index (κ3) is 1.09. The molecule has 3 aliphatic rings. The maximum absolute atomic E-state index is 11.6. The second kappa shape index (κ2) is 2.85. The molecule has 3 rings (SSSR count). The second-order valence-corrected chi connectivity index (χ2v) is 5.09. The van der Waals surface area contributed by atoms with Crippen molar-refractivity contribution in [3.8, 4) is 0 Å². The molecule has 5 nitrogen and oxygen atoms in total. The van der Waals surface area contributed by atoms with Crippen molar-refractivity contribution in [3.05, 3.63) is 11.3 Å². The van der Waals surface area contributed by atoms with E-state index in [0.717, 1.165) is 13.0 Å². The van der Waals surface area contributed by atoms with Crippen molar-refractivity contribution < 1.29 is 14.3 Å². The molecule has 3 aliphatic heterocycles. The summed E-state index contributed by atoms with van der Waals surface area (Å²) in [6.07, 6.45) is 0.859. The molecule has 3 heterocycles. The summed E-state index contributed by atoms with van der Waals surface area (Å²) in [5.74, 6) is -0.000559. The molecular formula is C11H14N2O3. The van der Waals surface area contributed by atoms with E-state index in [4.69, 9.17) is 4.74 Å². The van der Waals surface area contributed by atoms with Crippen molar-refractivity contribution in [2.45, 2.75) is 31.9 Å². The summed E-state index contributed by atoms with van der Waals surface area (Å²) in [7, 11) is 0. The van der Waals surface area contributed by atoms with Gasteiger partial charge >= 0.3 is 0 Å². The molecule has 3 unspecified atom stereocenters. The lowest BCUT2D eigenvalue weighted by Crippen LogP contribution is -2.56. The number of rotatable bonds is 0. The number of amides is 2. The molecule has 0 aromatic heterocycles. The lowest BCUT2D eigenvalue weighted by atomic mass is 9.80. The van der Waals surface area contributed by atoms with E-state index in [9.17, 15) is 9.59 Å². The van der Waals surface area contributed by atoms with Crippen LogP contribution in [-0.4, -0.2) is 30.0 Å². The molecule has 0 aromatic rings. The Morgan fingerprint density at radius 3 is 2.88 bits per heavy atom. The van der Waals surface area contributed by atoms with Gasteiger partial charge < -0.3 is 10.1 Å². The molecule has 0 spiro atoms. The van der Waals surface area contributed by atoms with E-state index in [0.29, 0.717) is 11.5 Å². The highest BCUT2D eigenvalue weighted by atomic mass is 16.5. The summed E-state index contributed by atoms with van der Waals surface area (Å²) in [5, 5.41) is 5.56. The monoisotopic (exact) mass is 222 g/mol. The van der Waals surface area contributed by atoms with Crippen molar-refractivity contribution in [2.24, 2.45) is 5.92 Å². The third-order valence-electron chi connectivity index (χ3n) is 3.58. The van der Waals surface area contributed by atoms with Crippen LogP contribution >= 0.6 is 0 Å². The SMILES string of the molecule is CC1CNC2C3=C(OC2(C)C1)C(=O)NC3=O. The zero-order chi connectivity index (χ0) is 11.5. The number of carbonyl (C=O) groups excluding carboxylic acids is 2. The van der Waals surface area contributed by atoms with Gasteiger partial charge in [0.1, 0.15) is 5.60 Å². The van der Waals surface area contributed by atoms with E-state index in [1.165, 1.54) is 0 Å². The topological polar surface area (TPSA) is 67.4 Å². The maximum Gasteiger partial charge on any atom is 0.293 e. The molecule has 0 radical (unpaired) electrons. The van der Waals surface area contributed by atoms with Gasteiger partial charge in [0.05, 0.1) is 11.6 Å². The first-order valence-electron chi connectivity index (χ1n) is 5.53. The van der Waals surface area contributed by atoms with Crippen LogP contribution in [0.3, 0.4) is 0 Å². The lowest BCUT2D eigenvalue weighted by molar-refractivity contribution is -0.129. The Hall–Kier alpha value is -1.36. The normalized spacial score (nSPS) is 41.6. The molecule has 16 heavy (non-hydrogen) atoms. The summed E-state index contributed by atoms with van der Waals surface area (Å²) in [4.78, 5) is 23.1.